The van der Waals surface area contributed by atoms with Gasteiger partial charge in [-0.15, -0.1) is 0 Å². The van der Waals surface area contributed by atoms with Gasteiger partial charge < -0.3 is 0 Å². The van der Waals surface area contributed by atoms with Crippen LogP contribution in [0.5, 0.6) is 0 Å². The summed E-state index contributed by atoms with van der Waals surface area (Å²) in [5, 5.41) is 0.138. The number of benzene rings is 2. The van der Waals surface area contributed by atoms with Gasteiger partial charge in [0.15, 0.2) is 0 Å². The highest BCUT2D eigenvalue weighted by Gasteiger charge is 2.30. The second-order valence-corrected chi connectivity index (χ2v) is 7.33. The monoisotopic (exact) mass is 421 g/mol. The summed E-state index contributed by atoms with van der Waals surface area (Å²) in [6.07, 6.45) is -4.34. The average molecular weight is 421 g/mol. The summed E-state index contributed by atoms with van der Waals surface area (Å²) in [4.78, 5) is 29.6. The molecule has 0 saturated heterocycles. The molecule has 0 radical (unpaired) electrons. The van der Waals surface area contributed by atoms with Crippen LogP contribution < -0.4 is 11.0 Å². The SMILES string of the molecule is CC(C)Cc1nc2cc(F)ccc2c(=O)n1NC(=O)Cc1ccc(C(F)(F)F)cc1. The normalized spacial score (nSPS) is 11.8. The quantitative estimate of drug-likeness (QED) is 0.632. The number of carbonyl (C=O) groups excluding carboxylic acids is 1. The fourth-order valence-electron chi connectivity index (χ4n) is 2.98. The first-order valence-electron chi connectivity index (χ1n) is 9.22. The molecule has 0 aliphatic rings. The molecule has 1 heterocycles. The minimum atomic E-state index is -4.46. The van der Waals surface area contributed by atoms with Gasteiger partial charge in [0.1, 0.15) is 11.6 Å². The summed E-state index contributed by atoms with van der Waals surface area (Å²) in [6, 6.07) is 7.77. The van der Waals surface area contributed by atoms with Gasteiger partial charge in [-0.2, -0.15) is 13.2 Å². The number of alkyl halides is 3. The van der Waals surface area contributed by atoms with Crippen molar-refractivity contribution in [3.05, 3.63) is 75.6 Å². The number of nitrogens with zero attached hydrogens (tertiary/aromatic N) is 2. The third-order valence-corrected chi connectivity index (χ3v) is 4.37. The van der Waals surface area contributed by atoms with E-state index in [1.807, 2.05) is 13.8 Å². The largest absolute Gasteiger partial charge is 0.416 e. The van der Waals surface area contributed by atoms with Gasteiger partial charge in [-0.05, 0) is 35.7 Å². The molecule has 158 valence electrons. The summed E-state index contributed by atoms with van der Waals surface area (Å²) >= 11 is 0. The fourth-order valence-corrected chi connectivity index (χ4v) is 2.98. The molecule has 2 aromatic carbocycles. The van der Waals surface area contributed by atoms with Gasteiger partial charge in [0.05, 0.1) is 22.9 Å². The Kier molecular flexibility index (Phi) is 5.91. The molecular weight excluding hydrogens is 402 g/mol. The first-order chi connectivity index (χ1) is 14.0. The van der Waals surface area contributed by atoms with Crippen molar-refractivity contribution >= 4 is 16.8 Å². The number of fused-ring (bicyclic) bond motifs is 1. The molecule has 0 unspecified atom stereocenters. The van der Waals surface area contributed by atoms with Crippen LogP contribution in [0, 0.1) is 11.7 Å². The standard InChI is InChI=1S/C21H19F4N3O2/c1-12(2)9-18-26-17-11-15(22)7-8-16(17)20(30)28(18)27-19(29)10-13-3-5-14(6-4-13)21(23,24)25/h3-8,11-12H,9-10H2,1-2H3,(H,27,29). The van der Waals surface area contributed by atoms with Crippen molar-refractivity contribution in [3.63, 3.8) is 0 Å². The maximum Gasteiger partial charge on any atom is 0.416 e. The molecule has 30 heavy (non-hydrogen) atoms. The predicted molar refractivity (Wildman–Crippen MR) is 104 cm³/mol. The molecule has 0 aliphatic carbocycles. The molecule has 0 bridgehead atoms. The van der Waals surface area contributed by atoms with E-state index in [1.165, 1.54) is 18.2 Å². The summed E-state index contributed by atoms with van der Waals surface area (Å²) in [5.41, 5.74) is 1.64. The second-order valence-electron chi connectivity index (χ2n) is 7.33. The number of aromatic nitrogens is 2. The lowest BCUT2D eigenvalue weighted by molar-refractivity contribution is -0.137. The van der Waals surface area contributed by atoms with E-state index in [0.717, 1.165) is 28.9 Å². The Bertz CT molecular complexity index is 1140. The van der Waals surface area contributed by atoms with Crippen molar-refractivity contribution in [2.45, 2.75) is 32.9 Å². The minimum absolute atomic E-state index is 0.0981. The number of amides is 1. The first-order valence-corrected chi connectivity index (χ1v) is 9.22. The van der Waals surface area contributed by atoms with Crippen molar-refractivity contribution < 1.29 is 22.4 Å². The van der Waals surface area contributed by atoms with Crippen molar-refractivity contribution in [1.29, 1.82) is 0 Å². The van der Waals surface area contributed by atoms with E-state index in [9.17, 15) is 27.2 Å². The van der Waals surface area contributed by atoms with E-state index in [1.54, 1.807) is 0 Å². The second kappa shape index (κ2) is 8.25. The predicted octanol–water partition coefficient (Wildman–Crippen LogP) is 4.07. The maximum absolute atomic E-state index is 13.5. The number of rotatable bonds is 5. The number of hydrogen-bond donors (Lipinski definition) is 1. The summed E-state index contributed by atoms with van der Waals surface area (Å²) in [7, 11) is 0. The molecule has 0 atom stereocenters. The molecule has 0 fully saturated rings. The maximum atomic E-state index is 13.5. The zero-order valence-corrected chi connectivity index (χ0v) is 16.3. The van der Waals surface area contributed by atoms with E-state index in [-0.39, 0.29) is 29.1 Å². The zero-order chi connectivity index (χ0) is 22.1. The Hall–Kier alpha value is -3.23. The smallest absolute Gasteiger partial charge is 0.273 e. The van der Waals surface area contributed by atoms with Crippen LogP contribution in [0.15, 0.2) is 47.3 Å². The van der Waals surface area contributed by atoms with Gasteiger partial charge in [-0.3, -0.25) is 15.0 Å². The topological polar surface area (TPSA) is 64.0 Å². The van der Waals surface area contributed by atoms with Crippen molar-refractivity contribution in [2.75, 3.05) is 5.43 Å². The van der Waals surface area contributed by atoms with E-state index < -0.39 is 29.0 Å². The number of halogens is 4. The Morgan fingerprint density at radius 3 is 2.40 bits per heavy atom. The van der Waals surface area contributed by atoms with Gasteiger partial charge in [0.25, 0.3) is 5.56 Å². The molecular formula is C21H19F4N3O2. The van der Waals surface area contributed by atoms with Crippen LogP contribution in [-0.4, -0.2) is 15.6 Å². The lowest BCUT2D eigenvalue weighted by atomic mass is 10.1. The highest BCUT2D eigenvalue weighted by Crippen LogP contribution is 2.29. The lowest BCUT2D eigenvalue weighted by Crippen LogP contribution is -2.37. The molecule has 3 aromatic rings. The highest BCUT2D eigenvalue weighted by molar-refractivity contribution is 5.86. The van der Waals surface area contributed by atoms with Crippen LogP contribution in [0.4, 0.5) is 17.6 Å². The van der Waals surface area contributed by atoms with Gasteiger partial charge in [0, 0.05) is 12.5 Å². The minimum Gasteiger partial charge on any atom is -0.273 e. The number of nitrogens with one attached hydrogen (secondary N) is 1. The Labute approximate surface area is 169 Å². The third-order valence-electron chi connectivity index (χ3n) is 4.37. The Morgan fingerprint density at radius 2 is 1.80 bits per heavy atom. The van der Waals surface area contributed by atoms with Crippen LogP contribution in [-0.2, 0) is 23.8 Å². The van der Waals surface area contributed by atoms with Crippen molar-refractivity contribution in [3.8, 4) is 0 Å². The van der Waals surface area contributed by atoms with Crippen molar-refractivity contribution in [2.24, 2.45) is 5.92 Å². The molecule has 5 nitrogen and oxygen atoms in total. The van der Waals surface area contributed by atoms with E-state index >= 15 is 0 Å². The number of carbonyl (C=O) groups is 1. The van der Waals surface area contributed by atoms with Crippen LogP contribution in [0.2, 0.25) is 0 Å². The zero-order valence-electron chi connectivity index (χ0n) is 16.3. The van der Waals surface area contributed by atoms with Crippen LogP contribution in [0.25, 0.3) is 10.9 Å². The van der Waals surface area contributed by atoms with Gasteiger partial charge in [-0.1, -0.05) is 26.0 Å². The summed E-state index contributed by atoms with van der Waals surface area (Å²) < 4.78 is 52.6. The van der Waals surface area contributed by atoms with Gasteiger partial charge in [-0.25, -0.2) is 14.1 Å². The van der Waals surface area contributed by atoms with E-state index in [0.29, 0.717) is 12.0 Å². The fraction of sp³-hybridized carbons (Fsp3) is 0.286. The highest BCUT2D eigenvalue weighted by atomic mass is 19.4. The van der Waals surface area contributed by atoms with Crippen LogP contribution in [0.3, 0.4) is 0 Å². The average Bonchev–Trinajstić information content (AvgIpc) is 2.64. The molecule has 0 saturated carbocycles. The molecule has 0 spiro atoms. The van der Waals surface area contributed by atoms with Crippen LogP contribution >= 0.6 is 0 Å². The number of hydrogen-bond acceptors (Lipinski definition) is 3. The molecule has 9 heteroatoms. The molecule has 0 aliphatic heterocycles. The van der Waals surface area contributed by atoms with Crippen molar-refractivity contribution in [1.82, 2.24) is 9.66 Å². The first kappa shape index (κ1) is 21.5. The van der Waals surface area contributed by atoms with E-state index in [4.69, 9.17) is 0 Å². The van der Waals surface area contributed by atoms with E-state index in [2.05, 4.69) is 10.4 Å². The molecule has 3 rings (SSSR count). The lowest BCUT2D eigenvalue weighted by Gasteiger charge is -2.16. The summed E-state index contributed by atoms with van der Waals surface area (Å²) in [6.45, 7) is 3.80. The van der Waals surface area contributed by atoms with Gasteiger partial charge >= 0.3 is 6.18 Å². The molecule has 1 aromatic heterocycles. The Balaban J connectivity index is 1.90. The third kappa shape index (κ3) is 4.84. The van der Waals surface area contributed by atoms with Gasteiger partial charge in [0.2, 0.25) is 5.91 Å². The molecule has 1 amide bonds. The van der Waals surface area contributed by atoms with Crippen LogP contribution in [0.1, 0.15) is 30.8 Å². The molecule has 1 N–H and O–H groups in total. The Morgan fingerprint density at radius 1 is 1.13 bits per heavy atom. The summed E-state index contributed by atoms with van der Waals surface area (Å²) in [5.74, 6) is -0.769.